The number of rotatable bonds is 3. The van der Waals surface area contributed by atoms with Gasteiger partial charge < -0.3 is 15.4 Å². The van der Waals surface area contributed by atoms with Gasteiger partial charge >= 0.3 is 0 Å². The summed E-state index contributed by atoms with van der Waals surface area (Å²) in [5.74, 6) is 0.718. The maximum Gasteiger partial charge on any atom is 0.223 e. The van der Waals surface area contributed by atoms with Gasteiger partial charge in [-0.05, 0) is 25.2 Å². The van der Waals surface area contributed by atoms with Crippen molar-refractivity contribution in [2.45, 2.75) is 31.7 Å². The second-order valence-electron chi connectivity index (χ2n) is 4.55. The first-order valence-corrected chi connectivity index (χ1v) is 5.88. The molecule has 0 aliphatic carbocycles. The summed E-state index contributed by atoms with van der Waals surface area (Å²) in [5, 5.41) is 0. The molecule has 2 N–H and O–H groups in total. The van der Waals surface area contributed by atoms with E-state index >= 15 is 0 Å². The number of hydrogen-bond acceptors (Lipinski definition) is 3. The van der Waals surface area contributed by atoms with E-state index in [1.54, 1.807) is 0 Å². The highest BCUT2D eigenvalue weighted by Gasteiger charge is 2.29. The quantitative estimate of drug-likeness (QED) is 0.735. The predicted molar refractivity (Wildman–Crippen MR) is 57.3 cm³/mol. The first-order chi connectivity index (χ1) is 7.31. The smallest absolute Gasteiger partial charge is 0.223 e. The Hall–Kier alpha value is -0.610. The highest BCUT2D eigenvalue weighted by Crippen LogP contribution is 2.22. The SMILES string of the molecule is NCC1CCCN1C(=O)CC1CCOC1. The van der Waals surface area contributed by atoms with Gasteiger partial charge in [0.1, 0.15) is 0 Å². The first-order valence-electron chi connectivity index (χ1n) is 5.88. The number of carbonyl (C=O) groups is 1. The zero-order valence-electron chi connectivity index (χ0n) is 9.15. The van der Waals surface area contributed by atoms with Crippen molar-refractivity contribution in [2.24, 2.45) is 11.7 Å². The van der Waals surface area contributed by atoms with Crippen LogP contribution in [0.3, 0.4) is 0 Å². The van der Waals surface area contributed by atoms with Crippen molar-refractivity contribution in [1.82, 2.24) is 4.90 Å². The lowest BCUT2D eigenvalue weighted by molar-refractivity contribution is -0.132. The lowest BCUT2D eigenvalue weighted by Gasteiger charge is -2.24. The Bertz CT molecular complexity index is 227. The van der Waals surface area contributed by atoms with Crippen molar-refractivity contribution in [3.63, 3.8) is 0 Å². The fourth-order valence-electron chi connectivity index (χ4n) is 2.52. The number of nitrogens with zero attached hydrogens (tertiary/aromatic N) is 1. The molecule has 0 spiro atoms. The Balaban J connectivity index is 1.83. The third-order valence-electron chi connectivity index (χ3n) is 3.46. The Morgan fingerprint density at radius 2 is 2.33 bits per heavy atom. The van der Waals surface area contributed by atoms with Crippen molar-refractivity contribution >= 4 is 5.91 Å². The summed E-state index contributed by atoms with van der Waals surface area (Å²) in [7, 11) is 0. The second kappa shape index (κ2) is 4.94. The van der Waals surface area contributed by atoms with Crippen LogP contribution in [0.5, 0.6) is 0 Å². The van der Waals surface area contributed by atoms with Crippen LogP contribution in [0.1, 0.15) is 25.7 Å². The Labute approximate surface area is 90.8 Å². The van der Waals surface area contributed by atoms with Crippen LogP contribution in [0.2, 0.25) is 0 Å². The summed E-state index contributed by atoms with van der Waals surface area (Å²) < 4.78 is 5.28. The van der Waals surface area contributed by atoms with Crippen molar-refractivity contribution < 1.29 is 9.53 Å². The number of carbonyl (C=O) groups excluding carboxylic acids is 1. The summed E-state index contributed by atoms with van der Waals surface area (Å²) in [6.07, 6.45) is 3.86. The van der Waals surface area contributed by atoms with E-state index in [2.05, 4.69) is 0 Å². The van der Waals surface area contributed by atoms with Gasteiger partial charge in [0.05, 0.1) is 0 Å². The van der Waals surface area contributed by atoms with Crippen LogP contribution in [0, 0.1) is 5.92 Å². The maximum absolute atomic E-state index is 12.0. The van der Waals surface area contributed by atoms with Gasteiger partial charge in [0.15, 0.2) is 0 Å². The Morgan fingerprint density at radius 3 is 3.00 bits per heavy atom. The maximum atomic E-state index is 12.0. The molecular formula is C11H20N2O2. The molecule has 0 bridgehead atoms. The van der Waals surface area contributed by atoms with Crippen molar-refractivity contribution in [2.75, 3.05) is 26.3 Å². The monoisotopic (exact) mass is 212 g/mol. The molecule has 86 valence electrons. The minimum Gasteiger partial charge on any atom is -0.381 e. The van der Waals surface area contributed by atoms with Crippen LogP contribution in [-0.4, -0.2) is 43.2 Å². The molecule has 2 unspecified atom stereocenters. The van der Waals surface area contributed by atoms with Crippen LogP contribution in [0.15, 0.2) is 0 Å². The molecule has 2 rings (SSSR count). The molecule has 2 aliphatic rings. The van der Waals surface area contributed by atoms with Gasteiger partial charge in [0, 0.05) is 38.8 Å². The van der Waals surface area contributed by atoms with E-state index in [0.717, 1.165) is 39.0 Å². The molecule has 2 atom stereocenters. The summed E-state index contributed by atoms with van der Waals surface area (Å²) in [6, 6.07) is 0.292. The van der Waals surface area contributed by atoms with E-state index < -0.39 is 0 Å². The summed E-state index contributed by atoms with van der Waals surface area (Å²) in [5.41, 5.74) is 5.65. The molecule has 2 saturated heterocycles. The van der Waals surface area contributed by atoms with Gasteiger partial charge in [-0.3, -0.25) is 4.79 Å². The van der Waals surface area contributed by atoms with E-state index in [1.807, 2.05) is 4.90 Å². The topological polar surface area (TPSA) is 55.6 Å². The highest BCUT2D eigenvalue weighted by atomic mass is 16.5. The minimum absolute atomic E-state index is 0.276. The number of ether oxygens (including phenoxy) is 1. The molecule has 0 radical (unpaired) electrons. The highest BCUT2D eigenvalue weighted by molar-refractivity contribution is 5.77. The molecule has 0 aromatic rings. The lowest BCUT2D eigenvalue weighted by atomic mass is 10.0. The molecule has 0 aromatic heterocycles. The van der Waals surface area contributed by atoms with Gasteiger partial charge in [-0.15, -0.1) is 0 Å². The van der Waals surface area contributed by atoms with Crippen LogP contribution in [0.4, 0.5) is 0 Å². The average molecular weight is 212 g/mol. The summed E-state index contributed by atoms with van der Waals surface area (Å²) in [6.45, 7) is 3.08. The van der Waals surface area contributed by atoms with E-state index in [4.69, 9.17) is 10.5 Å². The third kappa shape index (κ3) is 2.49. The molecule has 0 aromatic carbocycles. The summed E-state index contributed by atoms with van der Waals surface area (Å²) >= 11 is 0. The minimum atomic E-state index is 0.276. The van der Waals surface area contributed by atoms with Gasteiger partial charge in [-0.25, -0.2) is 0 Å². The van der Waals surface area contributed by atoms with Gasteiger partial charge in [-0.1, -0.05) is 0 Å². The van der Waals surface area contributed by atoms with Crippen molar-refractivity contribution in [3.8, 4) is 0 Å². The third-order valence-corrected chi connectivity index (χ3v) is 3.46. The molecule has 4 nitrogen and oxygen atoms in total. The van der Waals surface area contributed by atoms with Crippen LogP contribution in [-0.2, 0) is 9.53 Å². The van der Waals surface area contributed by atoms with Crippen molar-refractivity contribution in [1.29, 1.82) is 0 Å². The number of hydrogen-bond donors (Lipinski definition) is 1. The fourth-order valence-corrected chi connectivity index (χ4v) is 2.52. The Morgan fingerprint density at radius 1 is 1.47 bits per heavy atom. The molecule has 4 heteroatoms. The van der Waals surface area contributed by atoms with Crippen LogP contribution < -0.4 is 5.73 Å². The van der Waals surface area contributed by atoms with E-state index in [-0.39, 0.29) is 5.91 Å². The molecule has 0 saturated carbocycles. The summed E-state index contributed by atoms with van der Waals surface area (Å²) in [4.78, 5) is 14.0. The average Bonchev–Trinajstić information content (AvgIpc) is 2.86. The lowest BCUT2D eigenvalue weighted by Crippen LogP contribution is -2.40. The molecule has 2 heterocycles. The normalized spacial score (nSPS) is 31.1. The van der Waals surface area contributed by atoms with E-state index in [1.165, 1.54) is 0 Å². The van der Waals surface area contributed by atoms with Gasteiger partial charge in [0.25, 0.3) is 0 Å². The van der Waals surface area contributed by atoms with Crippen molar-refractivity contribution in [3.05, 3.63) is 0 Å². The largest absolute Gasteiger partial charge is 0.381 e. The second-order valence-corrected chi connectivity index (χ2v) is 4.55. The number of nitrogens with two attached hydrogens (primary N) is 1. The van der Waals surface area contributed by atoms with Gasteiger partial charge in [0.2, 0.25) is 5.91 Å². The molecular weight excluding hydrogens is 192 g/mol. The molecule has 2 aliphatic heterocycles. The van der Waals surface area contributed by atoms with Gasteiger partial charge in [-0.2, -0.15) is 0 Å². The standard InChI is InChI=1S/C11H20N2O2/c12-7-10-2-1-4-13(10)11(14)6-9-3-5-15-8-9/h9-10H,1-8,12H2. The Kier molecular flexibility index (Phi) is 3.59. The fraction of sp³-hybridized carbons (Fsp3) is 0.909. The van der Waals surface area contributed by atoms with Crippen LogP contribution >= 0.6 is 0 Å². The predicted octanol–water partition coefficient (Wildman–Crippen LogP) is 0.363. The van der Waals surface area contributed by atoms with Crippen LogP contribution in [0.25, 0.3) is 0 Å². The molecule has 2 fully saturated rings. The number of amides is 1. The van der Waals surface area contributed by atoms with E-state index in [0.29, 0.717) is 24.9 Å². The first kappa shape index (κ1) is 10.9. The number of likely N-dealkylation sites (tertiary alicyclic amines) is 1. The zero-order valence-corrected chi connectivity index (χ0v) is 9.15. The molecule has 1 amide bonds. The zero-order chi connectivity index (χ0) is 10.7. The molecule has 15 heavy (non-hydrogen) atoms. The van der Waals surface area contributed by atoms with E-state index in [9.17, 15) is 4.79 Å².